The first kappa shape index (κ1) is 18.8. The van der Waals surface area contributed by atoms with E-state index in [2.05, 4.69) is 0 Å². The zero-order valence-electron chi connectivity index (χ0n) is 15.9. The quantitative estimate of drug-likeness (QED) is 0.583. The normalized spacial score (nSPS) is 22.7. The average Bonchev–Trinajstić information content (AvgIpc) is 2.67. The number of carbonyl (C=O) groups excluding carboxylic acids is 1. The number of cyclic esters (lactones) is 1. The van der Waals surface area contributed by atoms with Gasteiger partial charge in [0.05, 0.1) is 11.2 Å². The van der Waals surface area contributed by atoms with E-state index in [1.165, 1.54) is 0 Å². The van der Waals surface area contributed by atoms with Crippen LogP contribution in [0.5, 0.6) is 5.75 Å². The minimum Gasteiger partial charge on any atom is -0.452 e. The Bertz CT molecular complexity index is 620. The van der Waals surface area contributed by atoms with Crippen LogP contribution >= 0.6 is 0 Å². The minimum absolute atomic E-state index is 0.395. The second-order valence-electron chi connectivity index (χ2n) is 7.20. The summed E-state index contributed by atoms with van der Waals surface area (Å²) in [5, 5.41) is 0. The van der Waals surface area contributed by atoms with E-state index >= 15 is 0 Å². The number of rotatable bonds is 1. The van der Waals surface area contributed by atoms with Gasteiger partial charge in [-0.1, -0.05) is 26.0 Å². The summed E-state index contributed by atoms with van der Waals surface area (Å²) in [6.45, 7) is 15.4. The first-order valence-corrected chi connectivity index (χ1v) is 8.43. The van der Waals surface area contributed by atoms with E-state index in [9.17, 15) is 4.79 Å². The molecule has 5 nitrogen and oxygen atoms in total. The van der Waals surface area contributed by atoms with Crippen molar-refractivity contribution in [2.24, 2.45) is 0 Å². The third-order valence-electron chi connectivity index (χ3n) is 4.46. The highest BCUT2D eigenvalue weighted by Crippen LogP contribution is 2.38. The van der Waals surface area contributed by atoms with Gasteiger partial charge >= 0.3 is 13.1 Å². The molecule has 1 fully saturated rings. The number of ether oxygens (including phenoxy) is 2. The predicted molar refractivity (Wildman–Crippen MR) is 93.6 cm³/mol. The molecule has 0 amide bonds. The van der Waals surface area contributed by atoms with Crippen LogP contribution in [-0.4, -0.2) is 30.1 Å². The summed E-state index contributed by atoms with van der Waals surface area (Å²) in [5.41, 5.74) is 0.198. The number of esters is 1. The summed E-state index contributed by atoms with van der Waals surface area (Å²) < 4.78 is 23.3. The predicted octanol–water partition coefficient (Wildman–Crippen LogP) is 3.30. The molecule has 2 aliphatic rings. The molecule has 2 heterocycles. The van der Waals surface area contributed by atoms with E-state index in [4.69, 9.17) is 18.8 Å². The number of benzene rings is 1. The lowest BCUT2D eigenvalue weighted by Gasteiger charge is -2.33. The summed E-state index contributed by atoms with van der Waals surface area (Å²) in [6.07, 6.45) is 0. The lowest BCUT2D eigenvalue weighted by molar-refractivity contribution is -0.126. The maximum atomic E-state index is 12.1. The van der Waals surface area contributed by atoms with Gasteiger partial charge < -0.3 is 18.8 Å². The molecular weight excluding hydrogens is 307 g/mol. The van der Waals surface area contributed by atoms with Crippen LogP contribution in [0.15, 0.2) is 18.2 Å². The molecular formula is C18H27BO5. The Morgan fingerprint density at radius 1 is 0.875 bits per heavy atom. The van der Waals surface area contributed by atoms with E-state index in [1.807, 2.05) is 47.6 Å². The number of para-hydroxylation sites is 1. The zero-order valence-corrected chi connectivity index (χ0v) is 15.9. The third-order valence-corrected chi connectivity index (χ3v) is 4.46. The van der Waals surface area contributed by atoms with Crippen molar-refractivity contribution >= 4 is 18.6 Å². The molecule has 132 valence electrons. The Kier molecular flexibility index (Phi) is 4.77. The van der Waals surface area contributed by atoms with Gasteiger partial charge in [-0.2, -0.15) is 0 Å². The van der Waals surface area contributed by atoms with Gasteiger partial charge in [0.25, 0.3) is 0 Å². The van der Waals surface area contributed by atoms with Crippen LogP contribution < -0.4 is 10.2 Å². The lowest BCUT2D eigenvalue weighted by Crippen LogP contribution is -2.44. The highest BCUT2D eigenvalue weighted by atomic mass is 16.7. The summed E-state index contributed by atoms with van der Waals surface area (Å²) in [5.74, 6) is -0.934. The molecule has 1 aromatic carbocycles. The monoisotopic (exact) mass is 334 g/mol. The van der Waals surface area contributed by atoms with Crippen LogP contribution in [0.25, 0.3) is 0 Å². The smallest absolute Gasteiger partial charge is 0.452 e. The zero-order chi connectivity index (χ0) is 18.3. The average molecular weight is 334 g/mol. The molecule has 0 radical (unpaired) electrons. The molecule has 0 N–H and O–H groups in total. The summed E-state index contributed by atoms with van der Waals surface area (Å²) >= 11 is 0. The number of fused-ring (bicyclic) bond motifs is 1. The molecule has 3 rings (SSSR count). The Morgan fingerprint density at radius 3 is 1.96 bits per heavy atom. The molecule has 0 aromatic heterocycles. The first-order chi connectivity index (χ1) is 11.0. The van der Waals surface area contributed by atoms with Crippen LogP contribution in [0.2, 0.25) is 0 Å². The molecule has 0 atom stereocenters. The number of carbonyl (C=O) groups is 1. The van der Waals surface area contributed by atoms with E-state index < -0.39 is 30.1 Å². The minimum atomic E-state index is -1.01. The van der Waals surface area contributed by atoms with Gasteiger partial charge in [0.2, 0.25) is 5.79 Å². The van der Waals surface area contributed by atoms with E-state index in [-0.39, 0.29) is 0 Å². The van der Waals surface area contributed by atoms with E-state index in [1.54, 1.807) is 26.0 Å². The molecule has 1 saturated heterocycles. The molecule has 0 bridgehead atoms. The van der Waals surface area contributed by atoms with Crippen LogP contribution in [0.1, 0.15) is 65.7 Å². The molecule has 0 saturated carbocycles. The van der Waals surface area contributed by atoms with E-state index in [0.29, 0.717) is 16.8 Å². The van der Waals surface area contributed by atoms with Gasteiger partial charge in [0, 0.05) is 19.3 Å². The maximum Gasteiger partial charge on any atom is 0.498 e. The number of hydrogen-bond acceptors (Lipinski definition) is 5. The molecule has 2 aliphatic heterocycles. The van der Waals surface area contributed by atoms with Gasteiger partial charge in [-0.15, -0.1) is 0 Å². The highest BCUT2D eigenvalue weighted by molar-refractivity contribution is 6.63. The SMILES string of the molecule is CC.CC1(C)OC(=O)c2cccc(B3OC(C)(C)C(C)(C)O3)c2O1. The van der Waals surface area contributed by atoms with Crippen molar-refractivity contribution in [3.63, 3.8) is 0 Å². The molecule has 6 heteroatoms. The van der Waals surface area contributed by atoms with Crippen LogP contribution in [0, 0.1) is 0 Å². The fourth-order valence-electron chi connectivity index (χ4n) is 2.53. The summed E-state index contributed by atoms with van der Waals surface area (Å²) in [4.78, 5) is 12.1. The fraction of sp³-hybridized carbons (Fsp3) is 0.611. The van der Waals surface area contributed by atoms with Gasteiger partial charge in [-0.05, 0) is 33.8 Å². The van der Waals surface area contributed by atoms with Crippen LogP contribution in [0.4, 0.5) is 0 Å². The fourth-order valence-corrected chi connectivity index (χ4v) is 2.53. The first-order valence-electron chi connectivity index (χ1n) is 8.43. The van der Waals surface area contributed by atoms with Crippen molar-refractivity contribution in [1.29, 1.82) is 0 Å². The molecule has 1 aromatic rings. The van der Waals surface area contributed by atoms with Crippen molar-refractivity contribution in [3.8, 4) is 5.75 Å². The second-order valence-corrected chi connectivity index (χ2v) is 7.20. The second kappa shape index (κ2) is 6.08. The van der Waals surface area contributed by atoms with Gasteiger partial charge in [-0.3, -0.25) is 0 Å². The molecule has 24 heavy (non-hydrogen) atoms. The largest absolute Gasteiger partial charge is 0.498 e. The highest BCUT2D eigenvalue weighted by Gasteiger charge is 2.53. The Hall–Kier alpha value is -1.53. The van der Waals surface area contributed by atoms with Crippen molar-refractivity contribution < 1.29 is 23.6 Å². The van der Waals surface area contributed by atoms with Gasteiger partial charge in [0.1, 0.15) is 11.3 Å². The van der Waals surface area contributed by atoms with Crippen molar-refractivity contribution in [2.45, 2.75) is 72.4 Å². The number of hydrogen-bond donors (Lipinski definition) is 0. The third kappa shape index (κ3) is 3.17. The topological polar surface area (TPSA) is 54.0 Å². The van der Waals surface area contributed by atoms with Crippen molar-refractivity contribution in [1.82, 2.24) is 0 Å². The Morgan fingerprint density at radius 2 is 1.42 bits per heavy atom. The summed E-state index contributed by atoms with van der Waals surface area (Å²) in [7, 11) is -0.582. The molecule has 0 unspecified atom stereocenters. The van der Waals surface area contributed by atoms with Crippen molar-refractivity contribution in [2.75, 3.05) is 0 Å². The maximum absolute atomic E-state index is 12.1. The Labute approximate surface area is 144 Å². The van der Waals surface area contributed by atoms with Crippen molar-refractivity contribution in [3.05, 3.63) is 23.8 Å². The molecule has 0 spiro atoms. The van der Waals surface area contributed by atoms with E-state index in [0.717, 1.165) is 0 Å². The van der Waals surface area contributed by atoms with Crippen LogP contribution in [0.3, 0.4) is 0 Å². The van der Waals surface area contributed by atoms with Crippen LogP contribution in [-0.2, 0) is 14.0 Å². The van der Waals surface area contributed by atoms with Gasteiger partial charge in [-0.25, -0.2) is 4.79 Å². The lowest BCUT2D eigenvalue weighted by atomic mass is 9.77. The standard InChI is InChI=1S/C16H21BO5.C2H6/c1-14(2)15(3,4)22-17(21-14)11-9-7-8-10-12(11)19-16(5,6)20-13(10)18;1-2/h7-9H,1-6H3;1-2H3. The molecule has 0 aliphatic carbocycles. The summed E-state index contributed by atoms with van der Waals surface area (Å²) in [6, 6.07) is 5.32. The van der Waals surface area contributed by atoms with Gasteiger partial charge in [0.15, 0.2) is 0 Å². The Balaban J connectivity index is 0.00000100.